The molecular formula is C15H18O2. The van der Waals surface area contributed by atoms with Crippen molar-refractivity contribution in [2.24, 2.45) is 5.92 Å². The quantitative estimate of drug-likeness (QED) is 0.437. The third-order valence-corrected chi connectivity index (χ3v) is 2.21. The number of benzene rings is 1. The van der Waals surface area contributed by atoms with Gasteiger partial charge in [-0.05, 0) is 12.5 Å². The van der Waals surface area contributed by atoms with Crippen molar-refractivity contribution in [1.82, 2.24) is 0 Å². The summed E-state index contributed by atoms with van der Waals surface area (Å²) in [6.07, 6.45) is 4.31. The Bertz CT molecular complexity index is 402. The van der Waals surface area contributed by atoms with Crippen LogP contribution in [0.15, 0.2) is 49.1 Å². The molecule has 17 heavy (non-hydrogen) atoms. The van der Waals surface area contributed by atoms with Crippen LogP contribution in [0.25, 0.3) is 5.76 Å². The zero-order chi connectivity index (χ0) is 12.7. The van der Waals surface area contributed by atoms with Crippen LogP contribution in [0.4, 0.5) is 0 Å². The van der Waals surface area contributed by atoms with E-state index in [2.05, 4.69) is 6.58 Å². The minimum atomic E-state index is -0.218. The molecule has 0 N–H and O–H groups in total. The first-order valence-corrected chi connectivity index (χ1v) is 5.73. The van der Waals surface area contributed by atoms with Gasteiger partial charge in [-0.1, -0.05) is 50.3 Å². The number of carbonyl (C=O) groups excluding carboxylic acids is 1. The van der Waals surface area contributed by atoms with E-state index in [0.717, 1.165) is 5.56 Å². The predicted octanol–water partition coefficient (Wildman–Crippen LogP) is 3.80. The van der Waals surface area contributed by atoms with E-state index in [1.54, 1.807) is 6.08 Å². The van der Waals surface area contributed by atoms with Crippen LogP contribution in [0.3, 0.4) is 0 Å². The number of esters is 1. The van der Waals surface area contributed by atoms with Gasteiger partial charge in [-0.25, -0.2) is 0 Å². The lowest BCUT2D eigenvalue weighted by Crippen LogP contribution is -2.10. The topological polar surface area (TPSA) is 26.3 Å². The maximum atomic E-state index is 11.6. The molecule has 1 rings (SSSR count). The molecule has 0 heterocycles. The molecular weight excluding hydrogens is 212 g/mol. The first-order valence-electron chi connectivity index (χ1n) is 5.73. The summed E-state index contributed by atoms with van der Waals surface area (Å²) in [4.78, 5) is 11.6. The molecule has 0 aliphatic heterocycles. The van der Waals surface area contributed by atoms with E-state index in [1.165, 1.54) is 0 Å². The minimum absolute atomic E-state index is 0.133. The maximum Gasteiger partial charge on any atom is 0.313 e. The van der Waals surface area contributed by atoms with Gasteiger partial charge < -0.3 is 4.74 Å². The van der Waals surface area contributed by atoms with E-state index in [4.69, 9.17) is 4.74 Å². The van der Waals surface area contributed by atoms with Crippen molar-refractivity contribution in [3.8, 4) is 0 Å². The SMILES string of the molecule is C=CCC=C(OC(=O)C(C)C)c1ccccc1. The van der Waals surface area contributed by atoms with Crippen molar-refractivity contribution in [2.45, 2.75) is 20.3 Å². The number of rotatable bonds is 5. The van der Waals surface area contributed by atoms with Crippen LogP contribution in [0.5, 0.6) is 0 Å². The van der Waals surface area contributed by atoms with Crippen molar-refractivity contribution >= 4 is 11.7 Å². The fraction of sp³-hybridized carbons (Fsp3) is 0.267. The predicted molar refractivity (Wildman–Crippen MR) is 70.2 cm³/mol. The Morgan fingerprint density at radius 3 is 2.53 bits per heavy atom. The highest BCUT2D eigenvalue weighted by atomic mass is 16.5. The third kappa shape index (κ3) is 4.27. The van der Waals surface area contributed by atoms with Gasteiger partial charge >= 0.3 is 5.97 Å². The van der Waals surface area contributed by atoms with Crippen molar-refractivity contribution < 1.29 is 9.53 Å². The van der Waals surface area contributed by atoms with E-state index in [0.29, 0.717) is 12.2 Å². The second-order valence-electron chi connectivity index (χ2n) is 4.03. The Kier molecular flexibility index (Phi) is 5.21. The van der Waals surface area contributed by atoms with Crippen LogP contribution in [0.2, 0.25) is 0 Å². The lowest BCUT2D eigenvalue weighted by atomic mass is 10.1. The first kappa shape index (κ1) is 13.2. The van der Waals surface area contributed by atoms with Gasteiger partial charge in [-0.2, -0.15) is 0 Å². The van der Waals surface area contributed by atoms with Crippen LogP contribution in [-0.2, 0) is 9.53 Å². The molecule has 0 saturated carbocycles. The highest BCUT2D eigenvalue weighted by Crippen LogP contribution is 2.18. The summed E-state index contributed by atoms with van der Waals surface area (Å²) in [5.74, 6) is 0.249. The molecule has 0 aliphatic carbocycles. The molecule has 90 valence electrons. The van der Waals surface area contributed by atoms with Gasteiger partial charge in [0, 0.05) is 5.56 Å². The molecule has 1 aromatic rings. The highest BCUT2D eigenvalue weighted by Gasteiger charge is 2.12. The standard InChI is InChI=1S/C15H18O2/c1-4-5-11-14(17-15(16)12(2)3)13-9-7-6-8-10-13/h4,6-12H,1,5H2,2-3H3. The highest BCUT2D eigenvalue weighted by molar-refractivity contribution is 5.79. The summed E-state index contributed by atoms with van der Waals surface area (Å²) in [7, 11) is 0. The second kappa shape index (κ2) is 6.69. The molecule has 0 radical (unpaired) electrons. The first-order chi connectivity index (χ1) is 8.15. The van der Waals surface area contributed by atoms with E-state index < -0.39 is 0 Å². The molecule has 0 unspecified atom stereocenters. The third-order valence-electron chi connectivity index (χ3n) is 2.21. The van der Waals surface area contributed by atoms with Gasteiger partial charge in [0.05, 0.1) is 5.92 Å². The molecule has 2 nitrogen and oxygen atoms in total. The van der Waals surface area contributed by atoms with Gasteiger partial charge in [0.15, 0.2) is 0 Å². The summed E-state index contributed by atoms with van der Waals surface area (Å²) in [6, 6.07) is 9.60. The zero-order valence-corrected chi connectivity index (χ0v) is 10.3. The minimum Gasteiger partial charge on any atom is -0.426 e. The number of hydrogen-bond acceptors (Lipinski definition) is 2. The lowest BCUT2D eigenvalue weighted by molar-refractivity contribution is -0.140. The fourth-order valence-corrected chi connectivity index (χ4v) is 1.24. The van der Waals surface area contributed by atoms with Gasteiger partial charge in [-0.15, -0.1) is 6.58 Å². The molecule has 0 fully saturated rings. The van der Waals surface area contributed by atoms with E-state index in [9.17, 15) is 4.79 Å². The van der Waals surface area contributed by atoms with Gasteiger partial charge in [0.25, 0.3) is 0 Å². The van der Waals surface area contributed by atoms with Crippen molar-refractivity contribution in [3.05, 3.63) is 54.6 Å². The summed E-state index contributed by atoms with van der Waals surface area (Å²) in [6.45, 7) is 7.29. The summed E-state index contributed by atoms with van der Waals surface area (Å²) >= 11 is 0. The Balaban J connectivity index is 2.89. The lowest BCUT2D eigenvalue weighted by Gasteiger charge is -2.10. The molecule has 0 amide bonds. The van der Waals surface area contributed by atoms with Gasteiger partial charge in [-0.3, -0.25) is 4.79 Å². The van der Waals surface area contributed by atoms with Crippen LogP contribution < -0.4 is 0 Å². The van der Waals surface area contributed by atoms with Crippen LogP contribution in [0, 0.1) is 5.92 Å². The van der Waals surface area contributed by atoms with E-state index in [-0.39, 0.29) is 11.9 Å². The normalized spacial score (nSPS) is 11.4. The smallest absolute Gasteiger partial charge is 0.313 e. The van der Waals surface area contributed by atoms with Crippen molar-refractivity contribution in [2.75, 3.05) is 0 Å². The van der Waals surface area contributed by atoms with Crippen LogP contribution >= 0.6 is 0 Å². The zero-order valence-electron chi connectivity index (χ0n) is 10.3. The number of allylic oxidation sites excluding steroid dienone is 2. The summed E-state index contributed by atoms with van der Waals surface area (Å²) < 4.78 is 5.37. The Morgan fingerprint density at radius 1 is 1.35 bits per heavy atom. The number of ether oxygens (including phenoxy) is 1. The number of carbonyl (C=O) groups is 1. The molecule has 0 atom stereocenters. The average molecular weight is 230 g/mol. The molecule has 0 saturated heterocycles. The van der Waals surface area contributed by atoms with Crippen molar-refractivity contribution in [1.29, 1.82) is 0 Å². The molecule has 2 heteroatoms. The molecule has 0 spiro atoms. The Labute approximate surface area is 103 Å². The molecule has 0 aromatic heterocycles. The monoisotopic (exact) mass is 230 g/mol. The average Bonchev–Trinajstić information content (AvgIpc) is 2.35. The maximum absolute atomic E-state index is 11.6. The van der Waals surface area contributed by atoms with E-state index in [1.807, 2.05) is 50.3 Å². The summed E-state index contributed by atoms with van der Waals surface area (Å²) in [5, 5.41) is 0. The van der Waals surface area contributed by atoms with Crippen LogP contribution in [-0.4, -0.2) is 5.97 Å². The molecule has 0 aliphatic rings. The molecule has 0 bridgehead atoms. The van der Waals surface area contributed by atoms with Gasteiger partial charge in [0.2, 0.25) is 0 Å². The largest absolute Gasteiger partial charge is 0.426 e. The Morgan fingerprint density at radius 2 is 2.00 bits per heavy atom. The second-order valence-corrected chi connectivity index (χ2v) is 4.03. The van der Waals surface area contributed by atoms with Crippen molar-refractivity contribution in [3.63, 3.8) is 0 Å². The van der Waals surface area contributed by atoms with Crippen LogP contribution in [0.1, 0.15) is 25.8 Å². The van der Waals surface area contributed by atoms with E-state index >= 15 is 0 Å². The Hall–Kier alpha value is -1.83. The summed E-state index contributed by atoms with van der Waals surface area (Å²) in [5.41, 5.74) is 0.906. The van der Waals surface area contributed by atoms with Gasteiger partial charge in [0.1, 0.15) is 5.76 Å². The number of hydrogen-bond donors (Lipinski definition) is 0. The molecule has 1 aromatic carbocycles. The fourth-order valence-electron chi connectivity index (χ4n) is 1.24.